The van der Waals surface area contributed by atoms with Crippen molar-refractivity contribution in [2.75, 3.05) is 13.7 Å². The van der Waals surface area contributed by atoms with Crippen LogP contribution >= 0.6 is 0 Å². The first kappa shape index (κ1) is 26.2. The van der Waals surface area contributed by atoms with Crippen LogP contribution in [0.15, 0.2) is 35.1 Å². The number of hydrogen-bond donors (Lipinski definition) is 2. The minimum absolute atomic E-state index is 0.0864. The molecule has 2 bridgehead atoms. The van der Waals surface area contributed by atoms with Crippen LogP contribution in [0.5, 0.6) is 0 Å². The summed E-state index contributed by atoms with van der Waals surface area (Å²) in [5, 5.41) is 12.6. The van der Waals surface area contributed by atoms with Gasteiger partial charge in [0.2, 0.25) is 0 Å². The molecule has 10 nitrogen and oxygen atoms in total. The molecule has 0 aromatic carbocycles. The number of ether oxygens (including phenoxy) is 4. The summed E-state index contributed by atoms with van der Waals surface area (Å²) in [4.78, 5) is 48.7. The average molecular weight is 504 g/mol. The number of hydrogen-bond acceptors (Lipinski definition) is 9. The normalized spacial score (nSPS) is 39.3. The average Bonchev–Trinajstić information content (AvgIpc) is 3.46. The number of ketones is 2. The quantitative estimate of drug-likeness (QED) is 0.138. The van der Waals surface area contributed by atoms with Crippen LogP contribution in [0.2, 0.25) is 0 Å². The molecular formula is C26H33NO9. The summed E-state index contributed by atoms with van der Waals surface area (Å²) in [5.41, 5.74) is -0.547. The van der Waals surface area contributed by atoms with E-state index in [1.54, 1.807) is 19.9 Å². The third kappa shape index (κ3) is 4.21. The third-order valence-electron chi connectivity index (χ3n) is 7.72. The first-order valence-corrected chi connectivity index (χ1v) is 12.1. The van der Waals surface area contributed by atoms with Crippen LogP contribution < -0.4 is 5.32 Å². The molecule has 0 unspecified atom stereocenters. The number of esters is 1. The summed E-state index contributed by atoms with van der Waals surface area (Å²) in [5.74, 6) is -4.17. The number of fused-ring (bicyclic) bond motifs is 3. The molecule has 1 amide bonds. The highest BCUT2D eigenvalue weighted by Crippen LogP contribution is 2.59. The monoisotopic (exact) mass is 503 g/mol. The Hall–Kier alpha value is -2.82. The lowest BCUT2D eigenvalue weighted by atomic mass is 9.75. The van der Waals surface area contributed by atoms with Crippen molar-refractivity contribution in [2.24, 2.45) is 17.8 Å². The first-order valence-electron chi connectivity index (χ1n) is 12.1. The Balaban J connectivity index is 1.53. The molecule has 10 heteroatoms. The fourth-order valence-corrected chi connectivity index (χ4v) is 5.68. The van der Waals surface area contributed by atoms with Gasteiger partial charge in [-0.15, -0.1) is 0 Å². The van der Waals surface area contributed by atoms with Gasteiger partial charge in [0, 0.05) is 18.3 Å². The highest BCUT2D eigenvalue weighted by Gasteiger charge is 2.77. The van der Waals surface area contributed by atoms with Crippen LogP contribution in [0.3, 0.4) is 0 Å². The number of aliphatic hydroxyl groups excluding tert-OH is 1. The molecule has 0 aromatic heterocycles. The van der Waals surface area contributed by atoms with Crippen molar-refractivity contribution in [3.05, 3.63) is 35.1 Å². The van der Waals surface area contributed by atoms with E-state index >= 15 is 0 Å². The highest BCUT2D eigenvalue weighted by molar-refractivity contribution is 6.25. The van der Waals surface area contributed by atoms with Gasteiger partial charge < -0.3 is 29.4 Å². The summed E-state index contributed by atoms with van der Waals surface area (Å²) >= 11 is 0. The van der Waals surface area contributed by atoms with Crippen molar-refractivity contribution in [1.82, 2.24) is 5.32 Å². The topological polar surface area (TPSA) is 141 Å². The molecule has 2 N–H and O–H groups in total. The van der Waals surface area contributed by atoms with Crippen molar-refractivity contribution < 1.29 is 43.2 Å². The number of rotatable bonds is 6. The van der Waals surface area contributed by atoms with Crippen LogP contribution in [0.4, 0.5) is 0 Å². The number of Topliss-reactive ketones (excluding diaryl/α,β-unsaturated/α-hetero) is 2. The van der Waals surface area contributed by atoms with Gasteiger partial charge in [-0.2, -0.15) is 0 Å². The van der Waals surface area contributed by atoms with Gasteiger partial charge in [-0.3, -0.25) is 19.2 Å². The van der Waals surface area contributed by atoms with Crippen molar-refractivity contribution in [3.63, 3.8) is 0 Å². The Kier molecular flexibility index (Phi) is 6.74. The lowest BCUT2D eigenvalue weighted by Gasteiger charge is -2.53. The Labute approximate surface area is 209 Å². The predicted octanol–water partition coefficient (Wildman–Crippen LogP) is 1.69. The van der Waals surface area contributed by atoms with Crippen molar-refractivity contribution in [1.29, 1.82) is 0 Å². The van der Waals surface area contributed by atoms with Crippen LogP contribution in [0, 0.1) is 17.8 Å². The van der Waals surface area contributed by atoms with E-state index in [9.17, 15) is 24.3 Å². The zero-order valence-corrected chi connectivity index (χ0v) is 21.3. The van der Waals surface area contributed by atoms with E-state index in [0.29, 0.717) is 0 Å². The van der Waals surface area contributed by atoms with Crippen LogP contribution in [0.25, 0.3) is 0 Å². The lowest BCUT2D eigenvalue weighted by molar-refractivity contribution is -0.359. The fraction of sp³-hybridized carbons (Fsp3) is 0.615. The lowest BCUT2D eigenvalue weighted by Crippen LogP contribution is -2.67. The maximum Gasteiger partial charge on any atom is 0.311 e. The Morgan fingerprint density at radius 3 is 2.50 bits per heavy atom. The molecule has 4 fully saturated rings. The molecule has 0 aromatic rings. The van der Waals surface area contributed by atoms with Gasteiger partial charge in [0.25, 0.3) is 5.91 Å². The van der Waals surface area contributed by atoms with Gasteiger partial charge in [-0.25, -0.2) is 0 Å². The number of carbonyl (C=O) groups is 4. The Bertz CT molecular complexity index is 1070. The maximum absolute atomic E-state index is 13.1. The van der Waals surface area contributed by atoms with E-state index in [1.165, 1.54) is 13.2 Å². The number of carbonyl (C=O) groups excluding carboxylic acids is 4. The van der Waals surface area contributed by atoms with E-state index in [-0.39, 0.29) is 36.2 Å². The highest BCUT2D eigenvalue weighted by atomic mass is 16.8. The number of amides is 1. The number of epoxide rings is 1. The van der Waals surface area contributed by atoms with Gasteiger partial charge in [0.05, 0.1) is 25.7 Å². The first-order chi connectivity index (χ1) is 16.8. The number of methoxy groups -OCH3 is 1. The van der Waals surface area contributed by atoms with E-state index in [1.807, 2.05) is 26.8 Å². The van der Waals surface area contributed by atoms with E-state index < -0.39 is 59.0 Å². The molecule has 4 heterocycles. The van der Waals surface area contributed by atoms with Crippen LogP contribution in [0.1, 0.15) is 41.0 Å². The van der Waals surface area contributed by atoms with Gasteiger partial charge >= 0.3 is 5.97 Å². The van der Waals surface area contributed by atoms with Gasteiger partial charge in [-0.05, 0) is 26.8 Å². The van der Waals surface area contributed by atoms with E-state index in [2.05, 4.69) is 5.32 Å². The Morgan fingerprint density at radius 2 is 1.89 bits per heavy atom. The summed E-state index contributed by atoms with van der Waals surface area (Å²) in [7, 11) is 1.31. The second-order valence-corrected chi connectivity index (χ2v) is 10.3. The second kappa shape index (κ2) is 9.24. The van der Waals surface area contributed by atoms with Crippen LogP contribution in [-0.2, 0) is 38.1 Å². The zero-order chi connectivity index (χ0) is 26.6. The smallest absolute Gasteiger partial charge is 0.311 e. The molecule has 8 atom stereocenters. The van der Waals surface area contributed by atoms with Gasteiger partial charge in [0.1, 0.15) is 23.5 Å². The molecule has 1 spiro atoms. The summed E-state index contributed by atoms with van der Waals surface area (Å²) in [6.45, 7) is 9.01. The number of nitrogens with one attached hydrogen (secondary N) is 1. The largest absolute Gasteiger partial charge is 0.507 e. The minimum Gasteiger partial charge on any atom is -0.507 e. The maximum atomic E-state index is 13.1. The number of allylic oxidation sites excluding steroid dienone is 3. The van der Waals surface area contributed by atoms with Crippen molar-refractivity contribution >= 4 is 23.4 Å². The molecule has 36 heavy (non-hydrogen) atoms. The van der Waals surface area contributed by atoms with Crippen molar-refractivity contribution in [2.45, 2.75) is 70.7 Å². The minimum atomic E-state index is -1.22. The SMILES string of the molecule is COC(=O)[C@@H](C)[C@@H]1O[C@@]12CC(=O)[C@H]1O[C@]2(C)O[C@@H]([C@H](C)/C=C(C)/C=C/C(O)=C2\C(=O)CNC2=O)[C@@H]1C. The summed E-state index contributed by atoms with van der Waals surface area (Å²) < 4.78 is 23.5. The predicted molar refractivity (Wildman–Crippen MR) is 125 cm³/mol. The molecular weight excluding hydrogens is 470 g/mol. The molecule has 0 aliphatic carbocycles. The molecule has 196 valence electrons. The standard InChI is InChI=1S/C26H33NO9/c1-12(7-8-16(28)19-18(30)11-27-23(19)31)9-13(2)20-14(3)21-17(29)10-26(25(5,34-20)35-21)22(36-26)15(4)24(32)33-6/h7-9,13-15,20-22,28H,10-11H2,1-6H3,(H,27,31)/b8-7+,12-9+,19-16-/t13-,14+,15+,20+,21+,22+,25+,26+/m1/s1. The second-order valence-electron chi connectivity index (χ2n) is 10.3. The van der Waals surface area contributed by atoms with Gasteiger partial charge in [0.15, 0.2) is 23.0 Å². The van der Waals surface area contributed by atoms with Crippen LogP contribution in [-0.4, -0.2) is 71.9 Å². The Morgan fingerprint density at radius 1 is 1.19 bits per heavy atom. The zero-order valence-electron chi connectivity index (χ0n) is 21.3. The molecule has 0 saturated carbocycles. The molecule has 0 radical (unpaired) electrons. The van der Waals surface area contributed by atoms with E-state index in [4.69, 9.17) is 18.9 Å². The number of aliphatic hydroxyl groups is 1. The van der Waals surface area contributed by atoms with Crippen molar-refractivity contribution in [3.8, 4) is 0 Å². The van der Waals surface area contributed by atoms with E-state index in [0.717, 1.165) is 5.57 Å². The molecule has 4 aliphatic rings. The summed E-state index contributed by atoms with van der Waals surface area (Å²) in [6, 6.07) is 0. The van der Waals surface area contributed by atoms with Gasteiger partial charge in [-0.1, -0.05) is 31.6 Å². The third-order valence-corrected chi connectivity index (χ3v) is 7.72. The molecule has 4 rings (SSSR count). The molecule has 4 saturated heterocycles. The summed E-state index contributed by atoms with van der Waals surface area (Å²) in [6.07, 6.45) is 3.33. The fourth-order valence-electron chi connectivity index (χ4n) is 5.68. The molecule has 4 aliphatic heterocycles.